The van der Waals surface area contributed by atoms with Crippen molar-refractivity contribution in [1.82, 2.24) is 20.1 Å². The second-order valence-corrected chi connectivity index (χ2v) is 9.82. The number of benzene rings is 1. The lowest BCUT2D eigenvalue weighted by molar-refractivity contribution is 0.0904. The third-order valence-electron chi connectivity index (χ3n) is 5.59. The number of hydrogen-bond donors (Lipinski definition) is 2. The molecule has 0 unspecified atom stereocenters. The van der Waals surface area contributed by atoms with Crippen molar-refractivity contribution in [2.75, 3.05) is 24.8 Å². The number of nitrogens with one attached hydrogen (secondary N) is 2. The molecule has 10 heteroatoms. The molecule has 2 N–H and O–H groups in total. The van der Waals surface area contributed by atoms with Crippen LogP contribution in [0.1, 0.15) is 35.7 Å². The first kappa shape index (κ1) is 22.2. The summed E-state index contributed by atoms with van der Waals surface area (Å²) in [6.45, 7) is 4.08. The minimum atomic E-state index is -3.40. The number of carbonyl (C=O) groups is 1. The van der Waals surface area contributed by atoms with Gasteiger partial charge in [-0.3, -0.25) is 4.79 Å². The average Bonchev–Trinajstić information content (AvgIpc) is 3.21. The summed E-state index contributed by atoms with van der Waals surface area (Å²) in [4.78, 5) is 17.9. The lowest BCUT2D eigenvalue weighted by atomic mass is 10.1. The highest BCUT2D eigenvalue weighted by atomic mass is 32.2. The predicted octanol–water partition coefficient (Wildman–Crippen LogP) is 2.38. The molecule has 3 aromatic rings. The van der Waals surface area contributed by atoms with Gasteiger partial charge in [-0.1, -0.05) is 18.2 Å². The van der Waals surface area contributed by atoms with E-state index in [1.165, 1.54) is 0 Å². The summed E-state index contributed by atoms with van der Waals surface area (Å²) in [6.07, 6.45) is 6.12. The van der Waals surface area contributed by atoms with Crippen molar-refractivity contribution in [2.45, 2.75) is 43.8 Å². The Morgan fingerprint density at radius 3 is 2.69 bits per heavy atom. The van der Waals surface area contributed by atoms with E-state index in [1.807, 2.05) is 6.92 Å². The van der Waals surface area contributed by atoms with Crippen LogP contribution in [0.2, 0.25) is 0 Å². The fraction of sp³-hybridized carbons (Fsp3) is 0.409. The number of amides is 1. The van der Waals surface area contributed by atoms with Crippen LogP contribution in [0.5, 0.6) is 0 Å². The normalized spacial score (nSPS) is 15.1. The molecule has 0 radical (unpaired) electrons. The van der Waals surface area contributed by atoms with Gasteiger partial charge in [0.2, 0.25) is 0 Å². The van der Waals surface area contributed by atoms with E-state index in [0.29, 0.717) is 42.2 Å². The summed E-state index contributed by atoms with van der Waals surface area (Å²) in [6, 6.07) is 6.84. The highest BCUT2D eigenvalue weighted by Crippen LogP contribution is 2.28. The highest BCUT2D eigenvalue weighted by molar-refractivity contribution is 7.90. The fourth-order valence-corrected chi connectivity index (χ4v) is 4.86. The van der Waals surface area contributed by atoms with Gasteiger partial charge >= 0.3 is 0 Å². The van der Waals surface area contributed by atoms with Crippen molar-refractivity contribution < 1.29 is 17.9 Å². The van der Waals surface area contributed by atoms with Crippen molar-refractivity contribution in [1.29, 1.82) is 0 Å². The molecule has 32 heavy (non-hydrogen) atoms. The first-order valence-corrected chi connectivity index (χ1v) is 12.5. The molecule has 0 atom stereocenters. The summed E-state index contributed by atoms with van der Waals surface area (Å²) < 4.78 is 31.4. The molecular formula is C22H27N5O4S. The minimum absolute atomic E-state index is 0.0883. The Morgan fingerprint density at radius 2 is 1.97 bits per heavy atom. The summed E-state index contributed by atoms with van der Waals surface area (Å²) in [5.41, 5.74) is 2.34. The zero-order chi connectivity index (χ0) is 22.7. The maximum Gasteiger partial charge on any atom is 0.255 e. The molecule has 2 aromatic heterocycles. The second kappa shape index (κ2) is 9.25. The SMILES string of the molecule is CCn1ncc2c(NC3CCOCC3)c(C(=O)NCc3ccccc3S(C)(=O)=O)cnc21. The number of sulfone groups is 1. The van der Waals surface area contributed by atoms with Crippen LogP contribution in [0.3, 0.4) is 0 Å². The van der Waals surface area contributed by atoms with E-state index in [9.17, 15) is 13.2 Å². The van der Waals surface area contributed by atoms with Crippen LogP contribution in [-0.4, -0.2) is 54.6 Å². The van der Waals surface area contributed by atoms with E-state index in [2.05, 4.69) is 20.7 Å². The van der Waals surface area contributed by atoms with Gasteiger partial charge in [-0.05, 0) is 31.4 Å². The van der Waals surface area contributed by atoms with Gasteiger partial charge in [0, 0.05) is 44.8 Å². The highest BCUT2D eigenvalue weighted by Gasteiger charge is 2.22. The van der Waals surface area contributed by atoms with Crippen LogP contribution in [-0.2, 0) is 27.7 Å². The number of anilines is 1. The quantitative estimate of drug-likeness (QED) is 0.560. The van der Waals surface area contributed by atoms with Gasteiger partial charge < -0.3 is 15.4 Å². The maximum atomic E-state index is 13.2. The number of rotatable bonds is 7. The van der Waals surface area contributed by atoms with E-state index < -0.39 is 9.84 Å². The Hall–Kier alpha value is -2.98. The predicted molar refractivity (Wildman–Crippen MR) is 121 cm³/mol. The number of nitrogens with zero attached hydrogens (tertiary/aromatic N) is 3. The van der Waals surface area contributed by atoms with Crippen molar-refractivity contribution in [3.8, 4) is 0 Å². The molecule has 170 valence electrons. The van der Waals surface area contributed by atoms with E-state index >= 15 is 0 Å². The van der Waals surface area contributed by atoms with Crippen molar-refractivity contribution in [2.24, 2.45) is 0 Å². The van der Waals surface area contributed by atoms with E-state index in [0.717, 1.165) is 24.5 Å². The summed E-state index contributed by atoms with van der Waals surface area (Å²) >= 11 is 0. The average molecular weight is 458 g/mol. The standard InChI is InChI=1S/C22H27N5O4S/c1-3-27-21-17(14-25-27)20(26-16-8-10-31-11-9-16)18(13-23-21)22(28)24-12-15-6-4-5-7-19(15)32(2,29)30/h4-7,13-14,16H,3,8-12H2,1-2H3,(H,23,26)(H,24,28). The zero-order valence-corrected chi connectivity index (χ0v) is 19.0. The third kappa shape index (κ3) is 4.61. The Bertz CT molecular complexity index is 1230. The molecule has 0 aliphatic carbocycles. The van der Waals surface area contributed by atoms with Crippen LogP contribution in [0, 0.1) is 0 Å². The molecule has 9 nitrogen and oxygen atoms in total. The van der Waals surface area contributed by atoms with Crippen molar-refractivity contribution in [3.63, 3.8) is 0 Å². The first-order valence-electron chi connectivity index (χ1n) is 10.6. The molecule has 1 aromatic carbocycles. The van der Waals surface area contributed by atoms with Gasteiger partial charge in [0.15, 0.2) is 15.5 Å². The van der Waals surface area contributed by atoms with Gasteiger partial charge in [-0.2, -0.15) is 5.10 Å². The maximum absolute atomic E-state index is 13.2. The van der Waals surface area contributed by atoms with Crippen LogP contribution in [0.25, 0.3) is 11.0 Å². The fourth-order valence-electron chi connectivity index (χ4n) is 3.91. The van der Waals surface area contributed by atoms with E-state index in [-0.39, 0.29) is 23.4 Å². The lowest BCUT2D eigenvalue weighted by Crippen LogP contribution is -2.30. The molecule has 0 bridgehead atoms. The van der Waals surface area contributed by atoms with Crippen LogP contribution in [0.4, 0.5) is 5.69 Å². The Labute approximate surface area is 187 Å². The molecule has 1 aliphatic rings. The van der Waals surface area contributed by atoms with Gasteiger partial charge in [0.1, 0.15) is 0 Å². The Kier molecular flexibility index (Phi) is 6.43. The smallest absolute Gasteiger partial charge is 0.255 e. The van der Waals surface area contributed by atoms with E-state index in [4.69, 9.17) is 4.74 Å². The molecule has 1 fully saturated rings. The van der Waals surface area contributed by atoms with Crippen molar-refractivity contribution >= 4 is 32.5 Å². The molecule has 0 spiro atoms. The van der Waals surface area contributed by atoms with E-state index in [1.54, 1.807) is 41.3 Å². The first-order chi connectivity index (χ1) is 15.4. The Balaban J connectivity index is 1.64. The van der Waals surface area contributed by atoms with Gasteiger partial charge in [0.25, 0.3) is 5.91 Å². The van der Waals surface area contributed by atoms with Crippen LogP contribution in [0.15, 0.2) is 41.6 Å². The monoisotopic (exact) mass is 457 g/mol. The number of aromatic nitrogens is 3. The molecule has 1 amide bonds. The minimum Gasteiger partial charge on any atom is -0.381 e. The molecule has 1 aliphatic heterocycles. The molecule has 3 heterocycles. The number of aryl methyl sites for hydroxylation is 1. The Morgan fingerprint density at radius 1 is 1.22 bits per heavy atom. The molecular weight excluding hydrogens is 430 g/mol. The largest absolute Gasteiger partial charge is 0.381 e. The zero-order valence-electron chi connectivity index (χ0n) is 18.2. The third-order valence-corrected chi connectivity index (χ3v) is 6.79. The van der Waals surface area contributed by atoms with Gasteiger partial charge in [-0.15, -0.1) is 0 Å². The van der Waals surface area contributed by atoms with Crippen molar-refractivity contribution in [3.05, 3.63) is 47.8 Å². The molecule has 4 rings (SSSR count). The van der Waals surface area contributed by atoms with Crippen LogP contribution >= 0.6 is 0 Å². The number of ether oxygens (including phenoxy) is 1. The summed E-state index contributed by atoms with van der Waals surface area (Å²) in [5.74, 6) is -0.332. The topological polar surface area (TPSA) is 115 Å². The summed E-state index contributed by atoms with van der Waals surface area (Å²) in [5, 5.41) is 11.5. The second-order valence-electron chi connectivity index (χ2n) is 7.84. The number of carbonyl (C=O) groups excluding carboxylic acids is 1. The summed E-state index contributed by atoms with van der Waals surface area (Å²) in [7, 11) is -3.40. The lowest BCUT2D eigenvalue weighted by Gasteiger charge is -2.25. The van der Waals surface area contributed by atoms with Gasteiger partial charge in [-0.25, -0.2) is 18.1 Å². The molecule has 0 saturated carbocycles. The van der Waals surface area contributed by atoms with Crippen LogP contribution < -0.4 is 10.6 Å². The number of fused-ring (bicyclic) bond motifs is 1. The van der Waals surface area contributed by atoms with Gasteiger partial charge in [0.05, 0.1) is 27.7 Å². The number of hydrogen-bond acceptors (Lipinski definition) is 7. The number of pyridine rings is 1. The molecule has 1 saturated heterocycles.